The number of Topliss-reactive ketones (excluding diaryl/α,β-unsaturated/α-hetero) is 1. The van der Waals surface area contributed by atoms with Crippen LogP contribution < -0.4 is 21.5 Å². The smallest absolute Gasteiger partial charge is 0.350 e. The number of rotatable bonds is 7. The number of ketones is 1. The highest BCUT2D eigenvalue weighted by atomic mass is 16.7. The van der Waals surface area contributed by atoms with Gasteiger partial charge in [-0.05, 0) is 55.0 Å². The highest BCUT2D eigenvalue weighted by molar-refractivity contribution is 5.97. The lowest BCUT2D eigenvalue weighted by Crippen LogP contribution is -2.19. The van der Waals surface area contributed by atoms with Crippen LogP contribution in [-0.2, 0) is 11.3 Å². The molecule has 5 N–H and O–H groups in total. The lowest BCUT2D eigenvalue weighted by Gasteiger charge is -2.24. The maximum atomic E-state index is 12.8. The fraction of sp³-hybridized carbons (Fsp3) is 0.167. The summed E-state index contributed by atoms with van der Waals surface area (Å²) in [6, 6.07) is 11.4. The summed E-state index contributed by atoms with van der Waals surface area (Å²) in [5.74, 6) is 0.654. The molecule has 12 nitrogen and oxygen atoms in total. The summed E-state index contributed by atoms with van der Waals surface area (Å²) in [6.07, 6.45) is 3.02. The van der Waals surface area contributed by atoms with Crippen LogP contribution in [-0.4, -0.2) is 43.1 Å². The monoisotopic (exact) mass is 486 g/mol. The van der Waals surface area contributed by atoms with Crippen LogP contribution in [0.1, 0.15) is 45.8 Å². The van der Waals surface area contributed by atoms with E-state index < -0.39 is 11.7 Å². The minimum Gasteiger partial charge on any atom is -0.466 e. The van der Waals surface area contributed by atoms with E-state index in [2.05, 4.69) is 25.4 Å². The van der Waals surface area contributed by atoms with Crippen molar-refractivity contribution in [3.8, 4) is 11.7 Å². The molecular formula is C24H22N8O4. The largest absolute Gasteiger partial charge is 0.466 e. The Morgan fingerprint density at radius 2 is 1.97 bits per heavy atom. The van der Waals surface area contributed by atoms with Crippen LogP contribution in [0.15, 0.2) is 59.7 Å². The number of benzene rings is 2. The number of H-pyrrole nitrogens is 1. The van der Waals surface area contributed by atoms with Gasteiger partial charge in [0, 0.05) is 29.2 Å². The van der Waals surface area contributed by atoms with Gasteiger partial charge in [0.1, 0.15) is 17.6 Å². The Hall–Kier alpha value is -4.84. The van der Waals surface area contributed by atoms with Crippen molar-refractivity contribution in [2.45, 2.75) is 19.6 Å². The molecule has 0 bridgehead atoms. The molecule has 1 aliphatic heterocycles. The fourth-order valence-electron chi connectivity index (χ4n) is 3.90. The highest BCUT2D eigenvalue weighted by Crippen LogP contribution is 2.34. The zero-order chi connectivity index (χ0) is 25.2. The molecule has 1 aliphatic rings. The standard InChI is InChI=1S/C24H22N8O4/c1-13(33)18-10-15(9-16-11-35-12-36-20(16)18)19(29-17-5-3-14(4-6-17)21(25)26)22-30-24(34)32(31-22)23-27-7-2-8-28-23/h2-10,19,29H,11-12H2,1H3,(H3,25,26)(H,30,31,34)/t19-/m0/s1. The number of nitrogens with one attached hydrogen (secondary N) is 3. The first kappa shape index (κ1) is 22.9. The van der Waals surface area contributed by atoms with E-state index in [0.29, 0.717) is 33.7 Å². The Kier molecular flexibility index (Phi) is 6.00. The van der Waals surface area contributed by atoms with Gasteiger partial charge in [-0.2, -0.15) is 0 Å². The van der Waals surface area contributed by atoms with Gasteiger partial charge in [-0.25, -0.2) is 14.8 Å². The summed E-state index contributed by atoms with van der Waals surface area (Å²) in [5.41, 5.74) is 8.05. The lowest BCUT2D eigenvalue weighted by molar-refractivity contribution is -0.0168. The van der Waals surface area contributed by atoms with Crippen LogP contribution in [0.2, 0.25) is 0 Å². The molecule has 0 aliphatic carbocycles. The molecule has 5 rings (SSSR count). The van der Waals surface area contributed by atoms with Crippen LogP contribution in [0.5, 0.6) is 5.75 Å². The summed E-state index contributed by atoms with van der Waals surface area (Å²) in [5, 5.41) is 15.4. The number of ether oxygens (including phenoxy) is 2. The molecule has 2 aromatic carbocycles. The Bertz CT molecular complexity index is 1500. The van der Waals surface area contributed by atoms with Crippen LogP contribution in [0.25, 0.3) is 5.95 Å². The molecule has 3 heterocycles. The fourth-order valence-corrected chi connectivity index (χ4v) is 3.90. The molecule has 0 radical (unpaired) electrons. The van der Waals surface area contributed by atoms with E-state index in [-0.39, 0.29) is 36.8 Å². The number of hydrogen-bond acceptors (Lipinski definition) is 9. The van der Waals surface area contributed by atoms with Crippen molar-refractivity contribution in [2.24, 2.45) is 5.73 Å². The topological polar surface area (TPSA) is 174 Å². The average Bonchev–Trinajstić information content (AvgIpc) is 3.28. The minimum atomic E-state index is -0.684. The maximum absolute atomic E-state index is 12.8. The number of anilines is 1. The third kappa shape index (κ3) is 4.44. The molecule has 0 amide bonds. The van der Waals surface area contributed by atoms with E-state index in [4.69, 9.17) is 20.6 Å². The molecule has 2 aromatic heterocycles. The van der Waals surface area contributed by atoms with E-state index >= 15 is 0 Å². The molecule has 1 atom stereocenters. The van der Waals surface area contributed by atoms with Crippen molar-refractivity contribution >= 4 is 17.3 Å². The van der Waals surface area contributed by atoms with Crippen molar-refractivity contribution in [3.63, 3.8) is 0 Å². The normalized spacial score (nSPS) is 13.4. The van der Waals surface area contributed by atoms with Gasteiger partial charge in [0.05, 0.1) is 12.2 Å². The highest BCUT2D eigenvalue weighted by Gasteiger charge is 2.26. The zero-order valence-electron chi connectivity index (χ0n) is 19.2. The number of nitrogens with zero attached hydrogens (tertiary/aromatic N) is 4. The molecule has 0 saturated carbocycles. The maximum Gasteiger partial charge on any atom is 0.350 e. The number of aromatic amines is 1. The summed E-state index contributed by atoms with van der Waals surface area (Å²) >= 11 is 0. The van der Waals surface area contributed by atoms with Crippen molar-refractivity contribution in [1.82, 2.24) is 24.7 Å². The summed E-state index contributed by atoms with van der Waals surface area (Å²) in [6.45, 7) is 1.79. The molecule has 4 aromatic rings. The SMILES string of the molecule is CC(=O)c1cc([C@H](Nc2ccc(C(=N)N)cc2)c2nn(-c3ncccn3)c(=O)[nH]2)cc2c1OCOC2. The third-order valence-electron chi connectivity index (χ3n) is 5.60. The first-order valence-electron chi connectivity index (χ1n) is 11.0. The predicted molar refractivity (Wildman–Crippen MR) is 129 cm³/mol. The van der Waals surface area contributed by atoms with Gasteiger partial charge in [-0.15, -0.1) is 9.78 Å². The Morgan fingerprint density at radius 3 is 2.67 bits per heavy atom. The van der Waals surface area contributed by atoms with Gasteiger partial charge in [-0.3, -0.25) is 15.2 Å². The van der Waals surface area contributed by atoms with E-state index in [1.165, 1.54) is 19.3 Å². The van der Waals surface area contributed by atoms with E-state index in [1.54, 1.807) is 36.4 Å². The number of aromatic nitrogens is 5. The number of carbonyl (C=O) groups excluding carboxylic acids is 1. The van der Waals surface area contributed by atoms with Crippen LogP contribution in [0.3, 0.4) is 0 Å². The molecule has 0 fully saturated rings. The van der Waals surface area contributed by atoms with Gasteiger partial charge in [0.25, 0.3) is 5.95 Å². The first-order chi connectivity index (χ1) is 17.4. The zero-order valence-corrected chi connectivity index (χ0v) is 19.2. The summed E-state index contributed by atoms with van der Waals surface area (Å²) in [4.78, 5) is 36.2. The molecule has 12 heteroatoms. The van der Waals surface area contributed by atoms with Gasteiger partial charge in [0.15, 0.2) is 18.4 Å². The Morgan fingerprint density at radius 1 is 1.22 bits per heavy atom. The second kappa shape index (κ2) is 9.43. The second-order valence-electron chi connectivity index (χ2n) is 8.07. The van der Waals surface area contributed by atoms with Gasteiger partial charge in [0.2, 0.25) is 0 Å². The van der Waals surface area contributed by atoms with Crippen molar-refractivity contribution in [3.05, 3.63) is 93.4 Å². The van der Waals surface area contributed by atoms with Crippen molar-refractivity contribution in [1.29, 1.82) is 5.41 Å². The van der Waals surface area contributed by atoms with Crippen LogP contribution >= 0.6 is 0 Å². The number of amidine groups is 1. The number of nitrogens with two attached hydrogens (primary N) is 1. The number of fused-ring (bicyclic) bond motifs is 1. The lowest BCUT2D eigenvalue weighted by atomic mass is 9.96. The van der Waals surface area contributed by atoms with E-state index in [0.717, 1.165) is 4.68 Å². The van der Waals surface area contributed by atoms with Crippen molar-refractivity contribution in [2.75, 3.05) is 12.1 Å². The molecule has 36 heavy (non-hydrogen) atoms. The summed E-state index contributed by atoms with van der Waals surface area (Å²) < 4.78 is 12.1. The minimum absolute atomic E-state index is 0.0511. The third-order valence-corrected chi connectivity index (χ3v) is 5.60. The number of hydrogen-bond donors (Lipinski definition) is 4. The molecule has 0 saturated heterocycles. The average molecular weight is 486 g/mol. The quantitative estimate of drug-likeness (QED) is 0.173. The van der Waals surface area contributed by atoms with Gasteiger partial charge in [-0.1, -0.05) is 0 Å². The molecule has 182 valence electrons. The van der Waals surface area contributed by atoms with Gasteiger partial charge < -0.3 is 20.5 Å². The first-order valence-corrected chi connectivity index (χ1v) is 11.0. The molecular weight excluding hydrogens is 464 g/mol. The molecule has 0 spiro atoms. The van der Waals surface area contributed by atoms with Gasteiger partial charge >= 0.3 is 5.69 Å². The number of carbonyl (C=O) groups is 1. The predicted octanol–water partition coefficient (Wildman–Crippen LogP) is 1.91. The molecule has 0 unspecified atom stereocenters. The van der Waals surface area contributed by atoms with Crippen LogP contribution in [0.4, 0.5) is 5.69 Å². The van der Waals surface area contributed by atoms with Crippen LogP contribution in [0, 0.1) is 5.41 Å². The van der Waals surface area contributed by atoms with E-state index in [9.17, 15) is 9.59 Å². The Labute approximate surface area is 204 Å². The Balaban J connectivity index is 1.63. The number of nitrogen functional groups attached to an aromatic ring is 1. The van der Waals surface area contributed by atoms with Crippen molar-refractivity contribution < 1.29 is 14.3 Å². The summed E-state index contributed by atoms with van der Waals surface area (Å²) in [7, 11) is 0. The van der Waals surface area contributed by atoms with E-state index in [1.807, 2.05) is 6.07 Å². The second-order valence-corrected chi connectivity index (χ2v) is 8.07.